The topological polar surface area (TPSA) is 75.7 Å². The fourth-order valence-electron chi connectivity index (χ4n) is 3.18. The van der Waals surface area contributed by atoms with E-state index in [1.165, 1.54) is 11.3 Å². The molecule has 1 aromatic rings. The Kier molecular flexibility index (Phi) is 7.63. The molecular weight excluding hydrogens is 352 g/mol. The van der Waals surface area contributed by atoms with Crippen LogP contribution in [0.25, 0.3) is 0 Å². The smallest absolute Gasteiger partial charge is 0.329 e. The third-order valence-corrected chi connectivity index (χ3v) is 5.58. The predicted molar refractivity (Wildman–Crippen MR) is 101 cm³/mol. The summed E-state index contributed by atoms with van der Waals surface area (Å²) in [7, 11) is 0. The van der Waals surface area contributed by atoms with E-state index < -0.39 is 12.0 Å². The summed E-state index contributed by atoms with van der Waals surface area (Å²) in [5.41, 5.74) is 0. The molecule has 2 unspecified atom stereocenters. The molecule has 0 saturated carbocycles. The van der Waals surface area contributed by atoms with Gasteiger partial charge in [0.05, 0.1) is 4.88 Å². The average Bonchev–Trinajstić information content (AvgIpc) is 3.18. The van der Waals surface area contributed by atoms with Crippen LogP contribution in [0.3, 0.4) is 0 Å². The highest BCUT2D eigenvalue weighted by Crippen LogP contribution is 2.19. The molecule has 1 saturated heterocycles. The summed E-state index contributed by atoms with van der Waals surface area (Å²) in [6.07, 6.45) is 4.03. The SMILES string of the molecule is CCC1CCCCN1C(=O)COC(=O)C(NC(=O)c1cccs1)C(C)C. The first kappa shape index (κ1) is 20.4. The Morgan fingerprint density at radius 3 is 2.73 bits per heavy atom. The molecule has 144 valence electrons. The van der Waals surface area contributed by atoms with Crippen molar-refractivity contribution in [2.24, 2.45) is 5.92 Å². The van der Waals surface area contributed by atoms with Gasteiger partial charge in [-0.3, -0.25) is 9.59 Å². The van der Waals surface area contributed by atoms with Gasteiger partial charge in [-0.1, -0.05) is 26.8 Å². The van der Waals surface area contributed by atoms with E-state index in [9.17, 15) is 14.4 Å². The summed E-state index contributed by atoms with van der Waals surface area (Å²) in [5, 5.41) is 4.52. The van der Waals surface area contributed by atoms with Crippen LogP contribution in [0.5, 0.6) is 0 Å². The van der Waals surface area contributed by atoms with E-state index in [1.54, 1.807) is 17.5 Å². The van der Waals surface area contributed by atoms with Gasteiger partial charge >= 0.3 is 5.97 Å². The van der Waals surface area contributed by atoms with E-state index >= 15 is 0 Å². The molecule has 1 aliphatic rings. The minimum atomic E-state index is -0.777. The number of nitrogens with one attached hydrogen (secondary N) is 1. The molecule has 7 heteroatoms. The highest BCUT2D eigenvalue weighted by atomic mass is 32.1. The third-order valence-electron chi connectivity index (χ3n) is 4.71. The Morgan fingerprint density at radius 1 is 1.35 bits per heavy atom. The quantitative estimate of drug-likeness (QED) is 0.738. The standard InChI is InChI=1S/C19H28N2O4S/c1-4-14-8-5-6-10-21(14)16(22)12-25-19(24)17(13(2)3)20-18(23)15-9-7-11-26-15/h7,9,11,13-14,17H,4-6,8,10,12H2,1-3H3,(H,20,23). The van der Waals surface area contributed by atoms with Crippen LogP contribution in [0.15, 0.2) is 17.5 Å². The molecule has 0 aliphatic carbocycles. The van der Waals surface area contributed by atoms with Gasteiger partial charge in [0.15, 0.2) is 6.61 Å². The average molecular weight is 381 g/mol. The number of amides is 2. The molecule has 6 nitrogen and oxygen atoms in total. The van der Waals surface area contributed by atoms with Gasteiger partial charge in [0.25, 0.3) is 11.8 Å². The second kappa shape index (κ2) is 9.71. The van der Waals surface area contributed by atoms with Gasteiger partial charge in [0.2, 0.25) is 0 Å². The zero-order valence-corrected chi connectivity index (χ0v) is 16.5. The molecule has 0 radical (unpaired) electrons. The molecule has 26 heavy (non-hydrogen) atoms. The molecule has 2 atom stereocenters. The molecule has 1 aromatic heterocycles. The van der Waals surface area contributed by atoms with Gasteiger partial charge in [0.1, 0.15) is 6.04 Å². The number of hydrogen-bond acceptors (Lipinski definition) is 5. The van der Waals surface area contributed by atoms with Crippen molar-refractivity contribution in [2.45, 2.75) is 58.5 Å². The number of thiophene rings is 1. The third kappa shape index (κ3) is 5.30. The number of rotatable bonds is 7. The van der Waals surface area contributed by atoms with E-state index in [0.717, 1.165) is 32.2 Å². The maximum Gasteiger partial charge on any atom is 0.329 e. The van der Waals surface area contributed by atoms with Crippen LogP contribution in [0.1, 0.15) is 56.1 Å². The van der Waals surface area contributed by atoms with Gasteiger partial charge in [0, 0.05) is 12.6 Å². The lowest BCUT2D eigenvalue weighted by molar-refractivity contribution is -0.155. The molecule has 1 aliphatic heterocycles. The zero-order valence-electron chi connectivity index (χ0n) is 15.7. The van der Waals surface area contributed by atoms with Crippen LogP contribution in [0, 0.1) is 5.92 Å². The van der Waals surface area contributed by atoms with E-state index in [0.29, 0.717) is 4.88 Å². The van der Waals surface area contributed by atoms with Crippen molar-refractivity contribution in [1.29, 1.82) is 0 Å². The number of hydrogen-bond donors (Lipinski definition) is 1. The molecule has 0 spiro atoms. The lowest BCUT2D eigenvalue weighted by Crippen LogP contribution is -2.48. The molecule has 1 N–H and O–H groups in total. The summed E-state index contributed by atoms with van der Waals surface area (Å²) in [6.45, 7) is 6.18. The molecule has 1 fully saturated rings. The van der Waals surface area contributed by atoms with Crippen LogP contribution in [-0.4, -0.2) is 47.9 Å². The van der Waals surface area contributed by atoms with Crippen LogP contribution in [-0.2, 0) is 14.3 Å². The van der Waals surface area contributed by atoms with Crippen molar-refractivity contribution in [3.8, 4) is 0 Å². The number of ether oxygens (including phenoxy) is 1. The minimum absolute atomic E-state index is 0.139. The van der Waals surface area contributed by atoms with Gasteiger partial charge < -0.3 is 15.0 Å². The minimum Gasteiger partial charge on any atom is -0.454 e. The lowest BCUT2D eigenvalue weighted by atomic mass is 10.00. The fourth-order valence-corrected chi connectivity index (χ4v) is 3.80. The van der Waals surface area contributed by atoms with Crippen molar-refractivity contribution in [2.75, 3.05) is 13.2 Å². The van der Waals surface area contributed by atoms with E-state index in [4.69, 9.17) is 4.74 Å². The van der Waals surface area contributed by atoms with E-state index in [-0.39, 0.29) is 30.4 Å². The molecule has 0 aromatic carbocycles. The highest BCUT2D eigenvalue weighted by Gasteiger charge is 2.29. The van der Waals surface area contributed by atoms with Crippen molar-refractivity contribution in [1.82, 2.24) is 10.2 Å². The van der Waals surface area contributed by atoms with Crippen LogP contribution < -0.4 is 5.32 Å². The van der Waals surface area contributed by atoms with E-state index in [2.05, 4.69) is 12.2 Å². The molecule has 2 rings (SSSR count). The Morgan fingerprint density at radius 2 is 2.12 bits per heavy atom. The normalized spacial score (nSPS) is 18.5. The summed E-state index contributed by atoms with van der Waals surface area (Å²) < 4.78 is 5.25. The monoisotopic (exact) mass is 380 g/mol. The summed E-state index contributed by atoms with van der Waals surface area (Å²) in [4.78, 5) is 39.4. The first-order valence-corrected chi connectivity index (χ1v) is 10.1. The maximum absolute atomic E-state index is 12.4. The molecule has 2 amide bonds. The first-order valence-electron chi connectivity index (χ1n) is 9.24. The summed E-state index contributed by atoms with van der Waals surface area (Å²) >= 11 is 1.31. The number of carbonyl (C=O) groups excluding carboxylic acids is 3. The molecular formula is C19H28N2O4S. The Bertz CT molecular complexity index is 615. The second-order valence-electron chi connectivity index (χ2n) is 6.93. The molecule has 0 bridgehead atoms. The molecule has 2 heterocycles. The van der Waals surface area contributed by atoms with Crippen molar-refractivity contribution < 1.29 is 19.1 Å². The zero-order chi connectivity index (χ0) is 19.1. The van der Waals surface area contributed by atoms with E-state index in [1.807, 2.05) is 18.7 Å². The Labute approximate surface area is 158 Å². The maximum atomic E-state index is 12.4. The van der Waals surface area contributed by atoms with Crippen LogP contribution in [0.4, 0.5) is 0 Å². The fraction of sp³-hybridized carbons (Fsp3) is 0.632. The highest BCUT2D eigenvalue weighted by molar-refractivity contribution is 7.12. The predicted octanol–water partition coefficient (Wildman–Crippen LogP) is 2.84. The van der Waals surface area contributed by atoms with Crippen LogP contribution >= 0.6 is 11.3 Å². The summed E-state index contributed by atoms with van der Waals surface area (Å²) in [5.74, 6) is -1.16. The number of carbonyl (C=O) groups is 3. The second-order valence-corrected chi connectivity index (χ2v) is 7.87. The van der Waals surface area contributed by atoms with Gasteiger partial charge in [-0.15, -0.1) is 11.3 Å². The number of esters is 1. The largest absolute Gasteiger partial charge is 0.454 e. The Balaban J connectivity index is 1.90. The number of nitrogens with zero attached hydrogens (tertiary/aromatic N) is 1. The van der Waals surface area contributed by atoms with Crippen molar-refractivity contribution in [3.63, 3.8) is 0 Å². The van der Waals surface area contributed by atoms with Gasteiger partial charge in [-0.05, 0) is 43.0 Å². The van der Waals surface area contributed by atoms with Crippen molar-refractivity contribution >= 4 is 29.1 Å². The van der Waals surface area contributed by atoms with Gasteiger partial charge in [-0.25, -0.2) is 4.79 Å². The summed E-state index contributed by atoms with van der Waals surface area (Å²) in [6, 6.07) is 2.94. The van der Waals surface area contributed by atoms with Crippen molar-refractivity contribution in [3.05, 3.63) is 22.4 Å². The number of likely N-dealkylation sites (tertiary alicyclic amines) is 1. The Hall–Kier alpha value is -1.89. The van der Waals surface area contributed by atoms with Gasteiger partial charge in [-0.2, -0.15) is 0 Å². The van der Waals surface area contributed by atoms with Crippen LogP contribution in [0.2, 0.25) is 0 Å². The first-order chi connectivity index (χ1) is 12.4. The lowest BCUT2D eigenvalue weighted by Gasteiger charge is -2.35. The number of piperidine rings is 1.